The minimum Gasteiger partial charge on any atom is -0.360 e. The number of rotatable bonds is 13. The van der Waals surface area contributed by atoms with Crippen LogP contribution in [0.5, 0.6) is 0 Å². The van der Waals surface area contributed by atoms with Gasteiger partial charge in [0.15, 0.2) is 5.78 Å². The molecule has 0 aliphatic rings. The van der Waals surface area contributed by atoms with Crippen molar-refractivity contribution in [2.24, 2.45) is 5.92 Å². The smallest absolute Gasteiger partial charge is 0.233 e. The summed E-state index contributed by atoms with van der Waals surface area (Å²) in [4.78, 5) is 38.6. The van der Waals surface area contributed by atoms with Gasteiger partial charge in [0.05, 0.1) is 10.6 Å². The van der Waals surface area contributed by atoms with Crippen LogP contribution in [0.3, 0.4) is 0 Å². The average molecular weight is 614 g/mol. The summed E-state index contributed by atoms with van der Waals surface area (Å²) in [6, 6.07) is 25.3. The molecule has 4 aromatic rings. The first-order valence-electron chi connectivity index (χ1n) is 15.2. The number of benzene rings is 3. The maximum absolute atomic E-state index is 13.0. The van der Waals surface area contributed by atoms with Crippen molar-refractivity contribution < 1.29 is 18.9 Å². The van der Waals surface area contributed by atoms with Crippen molar-refractivity contribution in [1.82, 2.24) is 9.88 Å². The van der Waals surface area contributed by atoms with Gasteiger partial charge < -0.3 is 9.84 Å². The number of unbranched alkanes of at least 4 members (excludes halogenated alkanes) is 1. The van der Waals surface area contributed by atoms with Crippen LogP contribution in [0.1, 0.15) is 79.7 Å². The van der Waals surface area contributed by atoms with E-state index in [-0.39, 0.29) is 24.0 Å². The van der Waals surface area contributed by atoms with Crippen molar-refractivity contribution in [3.63, 3.8) is 0 Å². The number of nitrogens with one attached hydrogen (secondary N) is 2. The SMILES string of the molecule is CCCCC(=O)Nc1ccc(-c2ccc(C(=O)CC(CCC)C(=O)NSc3c(C)noc3C)cc2)cc1.Cc1ccccc1. The molecular weight excluding hydrogens is 570 g/mol. The first-order valence-corrected chi connectivity index (χ1v) is 16.0. The van der Waals surface area contributed by atoms with Crippen LogP contribution in [0.4, 0.5) is 5.69 Å². The second-order valence-electron chi connectivity index (χ2n) is 10.8. The molecule has 1 atom stereocenters. The van der Waals surface area contributed by atoms with Gasteiger partial charge in [-0.3, -0.25) is 19.1 Å². The van der Waals surface area contributed by atoms with Crippen molar-refractivity contribution in [3.8, 4) is 11.1 Å². The van der Waals surface area contributed by atoms with E-state index in [4.69, 9.17) is 4.52 Å². The minimum absolute atomic E-state index is 0.0230. The fourth-order valence-corrected chi connectivity index (χ4v) is 5.25. The second kappa shape index (κ2) is 17.8. The average Bonchev–Trinajstić information content (AvgIpc) is 3.36. The van der Waals surface area contributed by atoms with Crippen molar-refractivity contribution in [3.05, 3.63) is 101 Å². The third-order valence-electron chi connectivity index (χ3n) is 7.07. The Balaban J connectivity index is 0.000000662. The second-order valence-corrected chi connectivity index (χ2v) is 11.6. The van der Waals surface area contributed by atoms with E-state index in [1.54, 1.807) is 19.1 Å². The first-order chi connectivity index (χ1) is 21.2. The maximum Gasteiger partial charge on any atom is 0.233 e. The van der Waals surface area contributed by atoms with E-state index in [1.165, 1.54) is 17.5 Å². The summed E-state index contributed by atoms with van der Waals surface area (Å²) >= 11 is 1.18. The predicted molar refractivity (Wildman–Crippen MR) is 179 cm³/mol. The Kier molecular flexibility index (Phi) is 13.9. The normalized spacial score (nSPS) is 11.2. The van der Waals surface area contributed by atoms with E-state index in [9.17, 15) is 14.4 Å². The van der Waals surface area contributed by atoms with E-state index in [2.05, 4.69) is 41.2 Å². The number of amides is 2. The molecule has 0 saturated carbocycles. The molecule has 0 aliphatic carbocycles. The van der Waals surface area contributed by atoms with Crippen LogP contribution in [0.2, 0.25) is 0 Å². The third-order valence-corrected chi connectivity index (χ3v) is 8.16. The quantitative estimate of drug-likeness (QED) is 0.115. The summed E-state index contributed by atoms with van der Waals surface area (Å²) in [5.74, 6) is 0.0313. The number of aryl methyl sites for hydroxylation is 3. The van der Waals surface area contributed by atoms with Gasteiger partial charge in [-0.1, -0.05) is 104 Å². The van der Waals surface area contributed by atoms with E-state index < -0.39 is 5.92 Å². The lowest BCUT2D eigenvalue weighted by Gasteiger charge is -2.15. The number of aromatic nitrogens is 1. The van der Waals surface area contributed by atoms with Crippen molar-refractivity contribution in [2.75, 3.05) is 5.32 Å². The number of anilines is 1. The Labute approximate surface area is 265 Å². The molecule has 0 fully saturated rings. The van der Waals surface area contributed by atoms with Crippen LogP contribution in [-0.2, 0) is 9.59 Å². The molecule has 4 rings (SSSR count). The fourth-order valence-electron chi connectivity index (χ4n) is 4.51. The number of nitrogens with zero attached hydrogens (tertiary/aromatic N) is 1. The number of carbonyl (C=O) groups is 3. The number of ketones is 1. The monoisotopic (exact) mass is 613 g/mol. The lowest BCUT2D eigenvalue weighted by atomic mass is 9.93. The summed E-state index contributed by atoms with van der Waals surface area (Å²) in [5, 5.41) is 6.81. The molecule has 1 unspecified atom stereocenters. The third kappa shape index (κ3) is 10.8. The molecule has 1 heterocycles. The first kappa shape index (κ1) is 34.3. The van der Waals surface area contributed by atoms with Crippen molar-refractivity contribution in [1.29, 1.82) is 0 Å². The molecule has 0 spiro atoms. The van der Waals surface area contributed by atoms with Crippen LogP contribution in [0.25, 0.3) is 11.1 Å². The van der Waals surface area contributed by atoms with Crippen molar-refractivity contribution >= 4 is 35.2 Å². The molecule has 0 radical (unpaired) electrons. The molecular formula is C36H43N3O4S. The zero-order valence-corrected chi connectivity index (χ0v) is 27.1. The van der Waals surface area contributed by atoms with E-state index in [0.29, 0.717) is 24.2 Å². The molecule has 7 nitrogen and oxygen atoms in total. The van der Waals surface area contributed by atoms with Crippen LogP contribution >= 0.6 is 11.9 Å². The summed E-state index contributed by atoms with van der Waals surface area (Å²) in [6.07, 6.45) is 3.96. The van der Waals surface area contributed by atoms with Crippen LogP contribution in [-0.4, -0.2) is 22.8 Å². The number of Topliss-reactive ketones (excluding diaryl/α,β-unsaturated/α-hetero) is 1. The Morgan fingerprint density at radius 2 is 1.48 bits per heavy atom. The molecule has 232 valence electrons. The summed E-state index contributed by atoms with van der Waals surface area (Å²) < 4.78 is 8.00. The minimum atomic E-state index is -0.412. The number of carbonyl (C=O) groups excluding carboxylic acids is 3. The molecule has 0 saturated heterocycles. The topological polar surface area (TPSA) is 101 Å². The Morgan fingerprint density at radius 1 is 0.841 bits per heavy atom. The van der Waals surface area contributed by atoms with E-state index >= 15 is 0 Å². The lowest BCUT2D eigenvalue weighted by Crippen LogP contribution is -2.27. The van der Waals surface area contributed by atoms with Gasteiger partial charge >= 0.3 is 0 Å². The highest BCUT2D eigenvalue weighted by atomic mass is 32.2. The van der Waals surface area contributed by atoms with Crippen LogP contribution < -0.4 is 10.0 Å². The number of hydrogen-bond donors (Lipinski definition) is 2. The van der Waals surface area contributed by atoms with Gasteiger partial charge in [0.25, 0.3) is 0 Å². The van der Waals surface area contributed by atoms with E-state index in [0.717, 1.165) is 46.7 Å². The van der Waals surface area contributed by atoms with Gasteiger partial charge in [0, 0.05) is 30.0 Å². The van der Waals surface area contributed by atoms with E-state index in [1.807, 2.05) is 68.4 Å². The Morgan fingerprint density at radius 3 is 2.00 bits per heavy atom. The highest BCUT2D eigenvalue weighted by Gasteiger charge is 2.23. The molecule has 2 N–H and O–H groups in total. The van der Waals surface area contributed by atoms with Crippen molar-refractivity contribution in [2.45, 2.75) is 78.0 Å². The fraction of sp³-hybridized carbons (Fsp3) is 0.333. The zero-order chi connectivity index (χ0) is 31.9. The Hall–Kier alpha value is -4.17. The van der Waals surface area contributed by atoms with Gasteiger partial charge in [0.1, 0.15) is 5.76 Å². The molecule has 8 heteroatoms. The van der Waals surface area contributed by atoms with Crippen LogP contribution in [0.15, 0.2) is 88.3 Å². The highest BCUT2D eigenvalue weighted by Crippen LogP contribution is 2.26. The molecule has 44 heavy (non-hydrogen) atoms. The molecule has 0 bridgehead atoms. The molecule has 2 amide bonds. The predicted octanol–water partition coefficient (Wildman–Crippen LogP) is 8.89. The standard InChI is InChI=1S/C29H35N3O4S.C7H8/c1-5-7-9-27(34)30-25-16-14-22(15-17-25)21-10-12-23(13-11-21)26(33)18-24(8-6-2)29(35)32-37-28-19(3)31-36-20(28)4;1-7-5-3-2-4-6-7/h10-17,24H,5-9,18H2,1-4H3,(H,30,34)(H,32,35);2-6H,1H3. The summed E-state index contributed by atoms with van der Waals surface area (Å²) in [6.45, 7) is 9.77. The molecule has 3 aromatic carbocycles. The van der Waals surface area contributed by atoms with Crippen LogP contribution in [0, 0.1) is 26.7 Å². The lowest BCUT2D eigenvalue weighted by molar-refractivity contribution is -0.123. The van der Waals surface area contributed by atoms with Gasteiger partial charge in [0.2, 0.25) is 11.8 Å². The van der Waals surface area contributed by atoms with Gasteiger partial charge in [-0.2, -0.15) is 0 Å². The summed E-state index contributed by atoms with van der Waals surface area (Å²) in [7, 11) is 0. The van der Waals surface area contributed by atoms with Gasteiger partial charge in [-0.15, -0.1) is 0 Å². The zero-order valence-electron chi connectivity index (χ0n) is 26.3. The van der Waals surface area contributed by atoms with Gasteiger partial charge in [-0.05, 0) is 68.8 Å². The highest BCUT2D eigenvalue weighted by molar-refractivity contribution is 7.98. The molecule has 0 aliphatic heterocycles. The Bertz CT molecular complexity index is 1460. The maximum atomic E-state index is 13.0. The number of hydrogen-bond acceptors (Lipinski definition) is 6. The van der Waals surface area contributed by atoms with Gasteiger partial charge in [-0.25, -0.2) is 0 Å². The largest absolute Gasteiger partial charge is 0.360 e. The summed E-state index contributed by atoms with van der Waals surface area (Å²) in [5.41, 5.74) is 5.35. The molecule has 1 aromatic heterocycles.